The Hall–Kier alpha value is -1.68. The zero-order valence-electron chi connectivity index (χ0n) is 10.8. The first-order valence-electron chi connectivity index (χ1n) is 5.75. The molecule has 0 saturated carbocycles. The minimum atomic E-state index is 0.839. The summed E-state index contributed by atoms with van der Waals surface area (Å²) in [4.78, 5) is 4.50. The molecule has 0 unspecified atom stereocenters. The van der Waals surface area contributed by atoms with Crippen LogP contribution in [0.2, 0.25) is 0 Å². The van der Waals surface area contributed by atoms with Gasteiger partial charge in [0.2, 0.25) is 0 Å². The average molecular weight is 230 g/mol. The molecule has 4 heteroatoms. The Balaban J connectivity index is 2.43. The summed E-state index contributed by atoms with van der Waals surface area (Å²) < 4.78 is 1.90. The standard InChI is InChI=1S/C13H18N4/c1-9-5-12(7-14-4)8-15-13(9)17-11(3)6-10(2)16-17/h5-6,8,14H,7H2,1-4H3. The van der Waals surface area contributed by atoms with Gasteiger partial charge in [-0.2, -0.15) is 5.10 Å². The summed E-state index contributed by atoms with van der Waals surface area (Å²) in [6.07, 6.45) is 1.90. The lowest BCUT2D eigenvalue weighted by Crippen LogP contribution is -2.09. The van der Waals surface area contributed by atoms with Gasteiger partial charge in [0.25, 0.3) is 0 Å². The molecule has 0 fully saturated rings. The van der Waals surface area contributed by atoms with Gasteiger partial charge in [-0.05, 0) is 51.1 Å². The van der Waals surface area contributed by atoms with Crippen LogP contribution in [-0.4, -0.2) is 21.8 Å². The van der Waals surface area contributed by atoms with E-state index in [9.17, 15) is 0 Å². The van der Waals surface area contributed by atoms with Gasteiger partial charge in [-0.1, -0.05) is 0 Å². The van der Waals surface area contributed by atoms with Crippen LogP contribution in [0.5, 0.6) is 0 Å². The molecule has 0 aliphatic rings. The maximum absolute atomic E-state index is 4.50. The average Bonchev–Trinajstić information content (AvgIpc) is 2.58. The van der Waals surface area contributed by atoms with Gasteiger partial charge in [-0.25, -0.2) is 9.67 Å². The molecule has 2 heterocycles. The highest BCUT2D eigenvalue weighted by molar-refractivity contribution is 5.36. The number of rotatable bonds is 3. The molecule has 0 atom stereocenters. The van der Waals surface area contributed by atoms with Crippen LogP contribution < -0.4 is 5.32 Å². The number of pyridine rings is 1. The monoisotopic (exact) mass is 230 g/mol. The Morgan fingerprint density at radius 3 is 2.53 bits per heavy atom. The highest BCUT2D eigenvalue weighted by atomic mass is 15.3. The van der Waals surface area contributed by atoms with E-state index in [2.05, 4.69) is 34.5 Å². The number of aryl methyl sites for hydroxylation is 3. The normalized spacial score (nSPS) is 10.8. The first-order valence-corrected chi connectivity index (χ1v) is 5.75. The van der Waals surface area contributed by atoms with Crippen LogP contribution in [0.4, 0.5) is 0 Å². The predicted molar refractivity (Wildman–Crippen MR) is 68.3 cm³/mol. The van der Waals surface area contributed by atoms with Crippen molar-refractivity contribution in [2.75, 3.05) is 7.05 Å². The fraction of sp³-hybridized carbons (Fsp3) is 0.385. The first kappa shape index (κ1) is 11.8. The van der Waals surface area contributed by atoms with Gasteiger partial charge >= 0.3 is 0 Å². The van der Waals surface area contributed by atoms with Crippen LogP contribution in [0, 0.1) is 20.8 Å². The molecule has 90 valence electrons. The molecule has 0 aromatic carbocycles. The van der Waals surface area contributed by atoms with E-state index in [0.717, 1.165) is 29.3 Å². The molecule has 0 saturated heterocycles. The second-order valence-corrected chi connectivity index (χ2v) is 4.35. The van der Waals surface area contributed by atoms with Crippen molar-refractivity contribution in [3.05, 3.63) is 40.8 Å². The summed E-state index contributed by atoms with van der Waals surface area (Å²) in [6.45, 7) is 6.94. The predicted octanol–water partition coefficient (Wildman–Crippen LogP) is 1.91. The van der Waals surface area contributed by atoms with Crippen LogP contribution in [0.3, 0.4) is 0 Å². The number of nitrogens with one attached hydrogen (secondary N) is 1. The van der Waals surface area contributed by atoms with Crippen molar-refractivity contribution in [3.8, 4) is 5.82 Å². The number of nitrogens with zero attached hydrogens (tertiary/aromatic N) is 3. The number of hydrogen-bond donors (Lipinski definition) is 1. The molecule has 0 spiro atoms. The third-order valence-electron chi connectivity index (χ3n) is 2.70. The molecule has 17 heavy (non-hydrogen) atoms. The quantitative estimate of drug-likeness (QED) is 0.876. The molecule has 2 aromatic rings. The van der Waals surface area contributed by atoms with Crippen molar-refractivity contribution in [2.24, 2.45) is 0 Å². The topological polar surface area (TPSA) is 42.7 Å². The molecule has 0 radical (unpaired) electrons. The SMILES string of the molecule is CNCc1cnc(-n2nc(C)cc2C)c(C)c1. The van der Waals surface area contributed by atoms with Gasteiger partial charge in [0.05, 0.1) is 5.69 Å². The van der Waals surface area contributed by atoms with Gasteiger partial charge < -0.3 is 5.32 Å². The van der Waals surface area contributed by atoms with E-state index in [-0.39, 0.29) is 0 Å². The van der Waals surface area contributed by atoms with Gasteiger partial charge in [-0.3, -0.25) is 0 Å². The van der Waals surface area contributed by atoms with E-state index in [1.54, 1.807) is 0 Å². The van der Waals surface area contributed by atoms with E-state index in [0.29, 0.717) is 0 Å². The smallest absolute Gasteiger partial charge is 0.156 e. The lowest BCUT2D eigenvalue weighted by Gasteiger charge is -2.08. The summed E-state index contributed by atoms with van der Waals surface area (Å²) in [5.41, 5.74) is 4.46. The fourth-order valence-electron chi connectivity index (χ4n) is 1.99. The van der Waals surface area contributed by atoms with Gasteiger partial charge in [0.15, 0.2) is 5.82 Å². The summed E-state index contributed by atoms with van der Waals surface area (Å²) in [5, 5.41) is 7.58. The zero-order chi connectivity index (χ0) is 12.4. The molecule has 0 aliphatic carbocycles. The molecule has 1 N–H and O–H groups in total. The van der Waals surface area contributed by atoms with Crippen LogP contribution in [-0.2, 0) is 6.54 Å². The molecule has 2 aromatic heterocycles. The second kappa shape index (κ2) is 4.67. The highest BCUT2D eigenvalue weighted by Crippen LogP contribution is 2.15. The third kappa shape index (κ3) is 2.36. The second-order valence-electron chi connectivity index (χ2n) is 4.35. The molecule has 0 amide bonds. The maximum Gasteiger partial charge on any atom is 0.156 e. The summed E-state index contributed by atoms with van der Waals surface area (Å²) in [5.74, 6) is 0.912. The van der Waals surface area contributed by atoms with Crippen molar-refractivity contribution in [2.45, 2.75) is 27.3 Å². The van der Waals surface area contributed by atoms with Crippen molar-refractivity contribution in [1.82, 2.24) is 20.1 Å². The molecule has 0 bridgehead atoms. The van der Waals surface area contributed by atoms with Crippen LogP contribution in [0.1, 0.15) is 22.5 Å². The summed E-state index contributed by atoms with van der Waals surface area (Å²) in [6, 6.07) is 4.21. The van der Waals surface area contributed by atoms with Gasteiger partial charge in [0.1, 0.15) is 0 Å². The Labute approximate surface area is 102 Å². The van der Waals surface area contributed by atoms with E-state index in [1.165, 1.54) is 5.56 Å². The lowest BCUT2D eigenvalue weighted by atomic mass is 10.2. The summed E-state index contributed by atoms with van der Waals surface area (Å²) in [7, 11) is 1.93. The van der Waals surface area contributed by atoms with Gasteiger partial charge in [-0.15, -0.1) is 0 Å². The van der Waals surface area contributed by atoms with E-state index >= 15 is 0 Å². The van der Waals surface area contributed by atoms with E-state index in [4.69, 9.17) is 0 Å². The van der Waals surface area contributed by atoms with Crippen LogP contribution in [0.15, 0.2) is 18.3 Å². The van der Waals surface area contributed by atoms with Crippen molar-refractivity contribution < 1.29 is 0 Å². The van der Waals surface area contributed by atoms with Crippen molar-refractivity contribution >= 4 is 0 Å². The van der Waals surface area contributed by atoms with Crippen molar-refractivity contribution in [1.29, 1.82) is 0 Å². The Bertz CT molecular complexity index is 528. The summed E-state index contributed by atoms with van der Waals surface area (Å²) >= 11 is 0. The molecule has 0 aliphatic heterocycles. The Morgan fingerprint density at radius 2 is 2.00 bits per heavy atom. The molecular weight excluding hydrogens is 212 g/mol. The Morgan fingerprint density at radius 1 is 1.24 bits per heavy atom. The highest BCUT2D eigenvalue weighted by Gasteiger charge is 2.08. The number of hydrogen-bond acceptors (Lipinski definition) is 3. The lowest BCUT2D eigenvalue weighted by molar-refractivity contribution is 0.781. The largest absolute Gasteiger partial charge is 0.316 e. The minimum absolute atomic E-state index is 0.839. The van der Waals surface area contributed by atoms with Crippen LogP contribution >= 0.6 is 0 Å². The van der Waals surface area contributed by atoms with E-state index in [1.807, 2.05) is 31.8 Å². The molecule has 2 rings (SSSR count). The zero-order valence-corrected chi connectivity index (χ0v) is 10.8. The Kier molecular flexibility index (Phi) is 3.24. The van der Waals surface area contributed by atoms with Gasteiger partial charge in [0, 0.05) is 18.4 Å². The van der Waals surface area contributed by atoms with Crippen LogP contribution in [0.25, 0.3) is 5.82 Å². The fourth-order valence-corrected chi connectivity index (χ4v) is 1.99. The molecule has 4 nitrogen and oxygen atoms in total. The van der Waals surface area contributed by atoms with E-state index < -0.39 is 0 Å². The van der Waals surface area contributed by atoms with Crippen molar-refractivity contribution in [3.63, 3.8) is 0 Å². The molecular formula is C13H18N4. The minimum Gasteiger partial charge on any atom is -0.316 e. The maximum atomic E-state index is 4.50. The third-order valence-corrected chi connectivity index (χ3v) is 2.70. The first-order chi connectivity index (χ1) is 8.11. The number of aromatic nitrogens is 3.